The predicted molar refractivity (Wildman–Crippen MR) is 60.8 cm³/mol. The van der Waals surface area contributed by atoms with Crippen LogP contribution in [-0.4, -0.2) is 36.6 Å². The van der Waals surface area contributed by atoms with E-state index >= 15 is 0 Å². The number of carbonyl (C=O) groups excluding carboxylic acids is 1. The molecular formula is C12H23NO2. The Labute approximate surface area is 92.8 Å². The second-order valence-electron chi connectivity index (χ2n) is 4.46. The molecule has 1 aliphatic rings. The van der Waals surface area contributed by atoms with Crippen molar-refractivity contribution in [2.45, 2.75) is 52.1 Å². The number of rotatable bonds is 4. The van der Waals surface area contributed by atoms with E-state index in [2.05, 4.69) is 0 Å². The molecule has 0 bridgehead atoms. The van der Waals surface area contributed by atoms with Gasteiger partial charge >= 0.3 is 0 Å². The van der Waals surface area contributed by atoms with Gasteiger partial charge in [0.1, 0.15) is 0 Å². The third-order valence-corrected chi connectivity index (χ3v) is 2.73. The van der Waals surface area contributed by atoms with Gasteiger partial charge in [-0.1, -0.05) is 12.8 Å². The third-order valence-electron chi connectivity index (χ3n) is 2.73. The number of hydrogen-bond donors (Lipinski definition) is 0. The van der Waals surface area contributed by atoms with E-state index in [1.54, 1.807) is 0 Å². The van der Waals surface area contributed by atoms with Crippen LogP contribution in [0.4, 0.5) is 0 Å². The maximum atomic E-state index is 11.8. The molecule has 3 nitrogen and oxygen atoms in total. The van der Waals surface area contributed by atoms with Gasteiger partial charge in [0, 0.05) is 13.1 Å². The van der Waals surface area contributed by atoms with Crippen LogP contribution in [0.1, 0.15) is 46.0 Å². The zero-order valence-corrected chi connectivity index (χ0v) is 10.00. The largest absolute Gasteiger partial charge is 0.378 e. The van der Waals surface area contributed by atoms with Crippen LogP contribution >= 0.6 is 0 Å². The van der Waals surface area contributed by atoms with Gasteiger partial charge in [0.2, 0.25) is 5.91 Å². The Bertz CT molecular complexity index is 184. The molecule has 3 heteroatoms. The third kappa shape index (κ3) is 5.17. The summed E-state index contributed by atoms with van der Waals surface area (Å²) < 4.78 is 5.39. The molecule has 0 aromatic heterocycles. The molecule has 0 spiro atoms. The standard InChI is InChI=1S/C12H23NO2/c1-11(2)15-10-7-12(14)13-8-5-3-4-6-9-13/h11H,3-10H2,1-2H3. The Balaban J connectivity index is 2.19. The second-order valence-corrected chi connectivity index (χ2v) is 4.46. The van der Waals surface area contributed by atoms with E-state index in [-0.39, 0.29) is 12.0 Å². The van der Waals surface area contributed by atoms with Crippen LogP contribution in [0.5, 0.6) is 0 Å². The minimum absolute atomic E-state index is 0.224. The van der Waals surface area contributed by atoms with Gasteiger partial charge in [0.15, 0.2) is 0 Å². The zero-order valence-electron chi connectivity index (χ0n) is 10.00. The first-order valence-electron chi connectivity index (χ1n) is 6.09. The van der Waals surface area contributed by atoms with Crippen molar-refractivity contribution in [3.63, 3.8) is 0 Å². The zero-order chi connectivity index (χ0) is 11.1. The van der Waals surface area contributed by atoms with E-state index < -0.39 is 0 Å². The van der Waals surface area contributed by atoms with Crippen molar-refractivity contribution < 1.29 is 9.53 Å². The average Bonchev–Trinajstić information content (AvgIpc) is 2.44. The fourth-order valence-corrected chi connectivity index (χ4v) is 1.86. The van der Waals surface area contributed by atoms with Crippen molar-refractivity contribution in [1.82, 2.24) is 4.90 Å². The van der Waals surface area contributed by atoms with Gasteiger partial charge in [-0.25, -0.2) is 0 Å². The van der Waals surface area contributed by atoms with Gasteiger partial charge in [0.25, 0.3) is 0 Å². The Hall–Kier alpha value is -0.570. The summed E-state index contributed by atoms with van der Waals surface area (Å²) >= 11 is 0. The fourth-order valence-electron chi connectivity index (χ4n) is 1.86. The molecule has 0 saturated carbocycles. The van der Waals surface area contributed by atoms with Crippen LogP contribution < -0.4 is 0 Å². The molecule has 0 aromatic rings. The summed E-state index contributed by atoms with van der Waals surface area (Å²) in [4.78, 5) is 13.8. The van der Waals surface area contributed by atoms with E-state index in [4.69, 9.17) is 4.74 Å². The Morgan fingerprint density at radius 2 is 1.80 bits per heavy atom. The number of likely N-dealkylation sites (tertiary alicyclic amines) is 1. The normalized spacial score (nSPS) is 17.9. The molecule has 88 valence electrons. The molecule has 0 aromatic carbocycles. The molecule has 15 heavy (non-hydrogen) atoms. The minimum Gasteiger partial charge on any atom is -0.378 e. The van der Waals surface area contributed by atoms with Crippen molar-refractivity contribution in [2.75, 3.05) is 19.7 Å². The number of amides is 1. The monoisotopic (exact) mass is 213 g/mol. The van der Waals surface area contributed by atoms with E-state index in [0.717, 1.165) is 25.9 Å². The lowest BCUT2D eigenvalue weighted by molar-refractivity contribution is -0.132. The highest BCUT2D eigenvalue weighted by Crippen LogP contribution is 2.10. The SMILES string of the molecule is CC(C)OCCC(=O)N1CCCCCC1. The van der Waals surface area contributed by atoms with E-state index in [9.17, 15) is 4.79 Å². The van der Waals surface area contributed by atoms with Crippen molar-refractivity contribution in [1.29, 1.82) is 0 Å². The number of ether oxygens (including phenoxy) is 1. The van der Waals surface area contributed by atoms with Gasteiger partial charge in [-0.3, -0.25) is 4.79 Å². The Morgan fingerprint density at radius 3 is 2.33 bits per heavy atom. The van der Waals surface area contributed by atoms with E-state index in [0.29, 0.717) is 13.0 Å². The first kappa shape index (κ1) is 12.5. The van der Waals surface area contributed by atoms with Gasteiger partial charge < -0.3 is 9.64 Å². The summed E-state index contributed by atoms with van der Waals surface area (Å²) in [6, 6.07) is 0. The smallest absolute Gasteiger partial charge is 0.224 e. The molecule has 1 aliphatic heterocycles. The summed E-state index contributed by atoms with van der Waals surface area (Å²) in [6.07, 6.45) is 5.63. The lowest BCUT2D eigenvalue weighted by Crippen LogP contribution is -2.32. The van der Waals surface area contributed by atoms with Crippen molar-refractivity contribution >= 4 is 5.91 Å². The maximum absolute atomic E-state index is 11.8. The molecule has 1 heterocycles. The fraction of sp³-hybridized carbons (Fsp3) is 0.917. The summed E-state index contributed by atoms with van der Waals surface area (Å²) in [5, 5.41) is 0. The first-order valence-corrected chi connectivity index (χ1v) is 6.09. The summed E-state index contributed by atoms with van der Waals surface area (Å²) in [6.45, 7) is 6.45. The van der Waals surface area contributed by atoms with Crippen LogP contribution in [0.25, 0.3) is 0 Å². The molecular weight excluding hydrogens is 190 g/mol. The lowest BCUT2D eigenvalue weighted by Gasteiger charge is -2.20. The molecule has 1 saturated heterocycles. The Morgan fingerprint density at radius 1 is 1.20 bits per heavy atom. The van der Waals surface area contributed by atoms with E-state index in [1.165, 1.54) is 12.8 Å². The topological polar surface area (TPSA) is 29.5 Å². The van der Waals surface area contributed by atoms with Crippen molar-refractivity contribution in [3.05, 3.63) is 0 Å². The quantitative estimate of drug-likeness (QED) is 0.716. The number of carbonyl (C=O) groups is 1. The Kier molecular flexibility index (Phi) is 5.69. The molecule has 0 atom stereocenters. The van der Waals surface area contributed by atoms with Gasteiger partial charge in [0.05, 0.1) is 19.1 Å². The molecule has 0 N–H and O–H groups in total. The molecule has 1 amide bonds. The molecule has 0 radical (unpaired) electrons. The summed E-state index contributed by atoms with van der Waals surface area (Å²) in [5.41, 5.74) is 0. The maximum Gasteiger partial charge on any atom is 0.224 e. The first-order chi connectivity index (χ1) is 7.20. The van der Waals surface area contributed by atoms with Gasteiger partial charge in [-0.05, 0) is 26.7 Å². The predicted octanol–water partition coefficient (Wildman–Crippen LogP) is 2.20. The highest BCUT2D eigenvalue weighted by Gasteiger charge is 2.14. The van der Waals surface area contributed by atoms with E-state index in [1.807, 2.05) is 18.7 Å². The van der Waals surface area contributed by atoms with Crippen molar-refractivity contribution in [3.8, 4) is 0 Å². The highest BCUT2D eigenvalue weighted by atomic mass is 16.5. The minimum atomic E-state index is 0.224. The van der Waals surface area contributed by atoms with Crippen molar-refractivity contribution in [2.24, 2.45) is 0 Å². The summed E-state index contributed by atoms with van der Waals surface area (Å²) in [5.74, 6) is 0.262. The summed E-state index contributed by atoms with van der Waals surface area (Å²) in [7, 11) is 0. The number of hydrogen-bond acceptors (Lipinski definition) is 2. The van der Waals surface area contributed by atoms with Crippen LogP contribution in [0.15, 0.2) is 0 Å². The number of nitrogens with zero attached hydrogens (tertiary/aromatic N) is 1. The second kappa shape index (κ2) is 6.83. The molecule has 0 aliphatic carbocycles. The van der Waals surface area contributed by atoms with Gasteiger partial charge in [-0.15, -0.1) is 0 Å². The van der Waals surface area contributed by atoms with Crippen LogP contribution in [0, 0.1) is 0 Å². The van der Waals surface area contributed by atoms with Gasteiger partial charge in [-0.2, -0.15) is 0 Å². The molecule has 1 fully saturated rings. The molecule has 0 unspecified atom stereocenters. The highest BCUT2D eigenvalue weighted by molar-refractivity contribution is 5.76. The van der Waals surface area contributed by atoms with Crippen LogP contribution in [-0.2, 0) is 9.53 Å². The average molecular weight is 213 g/mol. The lowest BCUT2D eigenvalue weighted by atomic mass is 10.2. The molecule has 1 rings (SSSR count). The van der Waals surface area contributed by atoms with Crippen LogP contribution in [0.3, 0.4) is 0 Å². The van der Waals surface area contributed by atoms with Crippen LogP contribution in [0.2, 0.25) is 0 Å².